The highest BCUT2D eigenvalue weighted by Gasteiger charge is 2.31. The van der Waals surface area contributed by atoms with Gasteiger partial charge in [-0.05, 0) is 61.9 Å². The van der Waals surface area contributed by atoms with Crippen LogP contribution in [-0.4, -0.2) is 88.5 Å². The van der Waals surface area contributed by atoms with Crippen molar-refractivity contribution in [2.45, 2.75) is 55.4 Å². The number of hydrogen-bond donors (Lipinski definition) is 2. The van der Waals surface area contributed by atoms with Crippen LogP contribution in [0.2, 0.25) is 0 Å². The van der Waals surface area contributed by atoms with Crippen LogP contribution in [0.5, 0.6) is 5.75 Å². The summed E-state index contributed by atoms with van der Waals surface area (Å²) in [6.07, 6.45) is 0.669. The van der Waals surface area contributed by atoms with Crippen LogP contribution in [0, 0.1) is 11.8 Å². The SMILES string of the molecule is CS(=O)(=O)c1ccc(NCC#Cc2cc3c(N[C@H]4CC[C@H](N5CCOCC5)CC4)cccc3n2CC(F)(F)F)c(OCCF)c1. The van der Waals surface area contributed by atoms with Gasteiger partial charge in [0.2, 0.25) is 0 Å². The molecule has 0 bridgehead atoms. The molecule has 1 aliphatic heterocycles. The first-order chi connectivity index (χ1) is 21.5. The number of halogens is 4. The van der Waals surface area contributed by atoms with Gasteiger partial charge in [0, 0.05) is 48.6 Å². The van der Waals surface area contributed by atoms with Crippen molar-refractivity contribution in [2.75, 3.05) is 63.0 Å². The Kier molecular flexibility index (Phi) is 10.5. The van der Waals surface area contributed by atoms with Gasteiger partial charge in [-0.25, -0.2) is 12.8 Å². The minimum atomic E-state index is -4.45. The minimum absolute atomic E-state index is 0.0132. The van der Waals surface area contributed by atoms with Crippen LogP contribution >= 0.6 is 0 Å². The highest BCUT2D eigenvalue weighted by atomic mass is 32.2. The Labute approximate surface area is 261 Å². The van der Waals surface area contributed by atoms with Crippen molar-refractivity contribution in [3.8, 4) is 17.6 Å². The second-order valence-corrected chi connectivity index (χ2v) is 13.4. The number of ether oxygens (including phenoxy) is 2. The van der Waals surface area contributed by atoms with Gasteiger partial charge in [0.05, 0.1) is 41.6 Å². The van der Waals surface area contributed by atoms with Gasteiger partial charge < -0.3 is 24.7 Å². The first-order valence-electron chi connectivity index (χ1n) is 15.0. The quantitative estimate of drug-likeness (QED) is 0.222. The number of benzene rings is 2. The molecular weight excluding hydrogens is 612 g/mol. The molecule has 1 aliphatic carbocycles. The molecule has 45 heavy (non-hydrogen) atoms. The van der Waals surface area contributed by atoms with E-state index in [1.165, 1.54) is 22.8 Å². The molecule has 2 aliphatic rings. The number of nitrogens with one attached hydrogen (secondary N) is 2. The molecule has 13 heteroatoms. The molecule has 2 aromatic carbocycles. The molecule has 1 aromatic heterocycles. The first kappa shape index (κ1) is 32.9. The third-order valence-corrected chi connectivity index (χ3v) is 9.31. The van der Waals surface area contributed by atoms with Crippen LogP contribution in [0.1, 0.15) is 31.4 Å². The minimum Gasteiger partial charge on any atom is -0.489 e. The smallest absolute Gasteiger partial charge is 0.406 e. The fraction of sp³-hybridized carbons (Fsp3) is 0.500. The van der Waals surface area contributed by atoms with Crippen molar-refractivity contribution in [3.05, 3.63) is 48.2 Å². The number of hydrogen-bond acceptors (Lipinski definition) is 7. The molecule has 0 amide bonds. The molecule has 2 N–H and O–H groups in total. The lowest BCUT2D eigenvalue weighted by Crippen LogP contribution is -2.46. The Morgan fingerprint density at radius 1 is 1.04 bits per heavy atom. The van der Waals surface area contributed by atoms with Crippen molar-refractivity contribution < 1.29 is 35.5 Å². The van der Waals surface area contributed by atoms with Gasteiger partial charge in [-0.15, -0.1) is 0 Å². The van der Waals surface area contributed by atoms with Gasteiger partial charge >= 0.3 is 6.18 Å². The van der Waals surface area contributed by atoms with Gasteiger partial charge in [-0.1, -0.05) is 12.0 Å². The highest BCUT2D eigenvalue weighted by molar-refractivity contribution is 7.90. The molecular formula is C32H38F4N4O4S. The van der Waals surface area contributed by atoms with Crippen molar-refractivity contribution in [1.29, 1.82) is 0 Å². The average molecular weight is 651 g/mol. The Balaban J connectivity index is 1.33. The van der Waals surface area contributed by atoms with Gasteiger partial charge in [0.15, 0.2) is 9.84 Å². The molecule has 1 saturated carbocycles. The zero-order chi connectivity index (χ0) is 32.0. The van der Waals surface area contributed by atoms with Gasteiger partial charge in [0.25, 0.3) is 0 Å². The van der Waals surface area contributed by atoms with Crippen molar-refractivity contribution in [1.82, 2.24) is 9.47 Å². The highest BCUT2D eigenvalue weighted by Crippen LogP contribution is 2.33. The van der Waals surface area contributed by atoms with Crippen LogP contribution < -0.4 is 15.4 Å². The monoisotopic (exact) mass is 650 g/mol. The fourth-order valence-electron chi connectivity index (χ4n) is 6.03. The van der Waals surface area contributed by atoms with Crippen LogP contribution in [0.15, 0.2) is 47.4 Å². The summed E-state index contributed by atoms with van der Waals surface area (Å²) in [5.41, 5.74) is 1.83. The zero-order valence-electron chi connectivity index (χ0n) is 25.1. The van der Waals surface area contributed by atoms with Crippen molar-refractivity contribution >= 4 is 32.1 Å². The number of fused-ring (bicyclic) bond motifs is 1. The summed E-state index contributed by atoms with van der Waals surface area (Å²) in [5, 5.41) is 7.26. The number of aromatic nitrogens is 1. The molecule has 0 atom stereocenters. The van der Waals surface area contributed by atoms with Crippen LogP contribution in [-0.2, 0) is 21.1 Å². The predicted molar refractivity (Wildman–Crippen MR) is 166 cm³/mol. The second-order valence-electron chi connectivity index (χ2n) is 11.4. The average Bonchev–Trinajstić information content (AvgIpc) is 3.35. The van der Waals surface area contributed by atoms with Crippen LogP contribution in [0.3, 0.4) is 0 Å². The van der Waals surface area contributed by atoms with Crippen molar-refractivity contribution in [2.24, 2.45) is 0 Å². The molecule has 2 heterocycles. The third-order valence-electron chi connectivity index (χ3n) is 8.20. The van der Waals surface area contributed by atoms with Gasteiger partial charge in [-0.3, -0.25) is 4.90 Å². The summed E-state index contributed by atoms with van der Waals surface area (Å²) in [6.45, 7) is 1.26. The van der Waals surface area contributed by atoms with E-state index in [2.05, 4.69) is 27.4 Å². The van der Waals surface area contributed by atoms with E-state index in [9.17, 15) is 26.0 Å². The first-order valence-corrected chi connectivity index (χ1v) is 16.9. The summed E-state index contributed by atoms with van der Waals surface area (Å²) >= 11 is 0. The molecule has 0 radical (unpaired) electrons. The van der Waals surface area contributed by atoms with E-state index in [0.717, 1.165) is 63.9 Å². The standard InChI is InChI=1S/C32H38F4N4O4S/c1-45(41,42)26-11-12-29(31(21-26)44-17-13-33)37-14-3-4-25-20-27-28(5-2-6-30(27)40(25)22-32(34,35)36)38-23-7-9-24(10-8-23)39-15-18-43-19-16-39/h2,5-6,11-12,20-21,23-24,37-38H,7-10,13-19,22H2,1H3/t23-,24-. The molecule has 0 spiro atoms. The molecule has 8 nitrogen and oxygen atoms in total. The van der Waals surface area contributed by atoms with Crippen molar-refractivity contribution in [3.63, 3.8) is 0 Å². The van der Waals surface area contributed by atoms with Crippen LogP contribution in [0.4, 0.5) is 28.9 Å². The lowest BCUT2D eigenvalue weighted by Gasteiger charge is -2.39. The Hall–Kier alpha value is -3.47. The van der Waals surface area contributed by atoms with E-state index in [-0.39, 0.29) is 35.5 Å². The maximum atomic E-state index is 13.7. The lowest BCUT2D eigenvalue weighted by atomic mass is 9.89. The number of morpholine rings is 1. The number of anilines is 2. The lowest BCUT2D eigenvalue weighted by molar-refractivity contribution is -0.140. The number of rotatable bonds is 10. The predicted octanol–water partition coefficient (Wildman–Crippen LogP) is 5.47. The summed E-state index contributed by atoms with van der Waals surface area (Å²) in [4.78, 5) is 2.51. The number of alkyl halides is 4. The maximum absolute atomic E-state index is 13.7. The zero-order valence-corrected chi connectivity index (χ0v) is 25.9. The van der Waals surface area contributed by atoms with E-state index in [1.807, 2.05) is 6.07 Å². The number of sulfone groups is 1. The number of nitrogens with zero attached hydrogens (tertiary/aromatic N) is 2. The summed E-state index contributed by atoms with van der Waals surface area (Å²) in [5.74, 6) is 5.89. The molecule has 2 fully saturated rings. The maximum Gasteiger partial charge on any atom is 0.406 e. The normalized spacial score (nSPS) is 19.6. The molecule has 1 saturated heterocycles. The molecule has 3 aromatic rings. The summed E-state index contributed by atoms with van der Waals surface area (Å²) in [6, 6.07) is 11.9. The Bertz CT molecular complexity index is 1630. The molecule has 0 unspecified atom stereocenters. The molecule has 5 rings (SSSR count). The Morgan fingerprint density at radius 3 is 2.49 bits per heavy atom. The van der Waals surface area contributed by atoms with Gasteiger partial charge in [-0.2, -0.15) is 13.2 Å². The van der Waals surface area contributed by atoms with E-state index >= 15 is 0 Å². The van der Waals surface area contributed by atoms with E-state index < -0.39 is 29.2 Å². The van der Waals surface area contributed by atoms with E-state index in [0.29, 0.717) is 22.6 Å². The van der Waals surface area contributed by atoms with E-state index in [1.54, 1.807) is 18.2 Å². The van der Waals surface area contributed by atoms with E-state index in [4.69, 9.17) is 9.47 Å². The Morgan fingerprint density at radius 2 is 1.80 bits per heavy atom. The summed E-state index contributed by atoms with van der Waals surface area (Å²) in [7, 11) is -3.52. The third kappa shape index (κ3) is 8.62. The fourth-order valence-corrected chi connectivity index (χ4v) is 6.67. The summed E-state index contributed by atoms with van der Waals surface area (Å²) < 4.78 is 89.7. The van der Waals surface area contributed by atoms with Gasteiger partial charge in [0.1, 0.15) is 25.6 Å². The topological polar surface area (TPSA) is 84.8 Å². The largest absolute Gasteiger partial charge is 0.489 e. The van der Waals surface area contributed by atoms with Crippen LogP contribution in [0.25, 0.3) is 10.9 Å². The second kappa shape index (κ2) is 14.3. The molecule has 244 valence electrons.